The smallest absolute Gasteiger partial charge is 0.296 e. The third-order valence-corrected chi connectivity index (χ3v) is 4.30. The molecule has 2 rings (SSSR count). The van der Waals surface area contributed by atoms with E-state index in [-0.39, 0.29) is 22.5 Å². The zero-order valence-electron chi connectivity index (χ0n) is 11.2. The number of benzene rings is 1. The Balaban J connectivity index is 2.66. The van der Waals surface area contributed by atoms with Gasteiger partial charge in [-0.05, 0) is 24.1 Å². The summed E-state index contributed by atoms with van der Waals surface area (Å²) in [6.45, 7) is 4.10. The van der Waals surface area contributed by atoms with E-state index in [1.54, 1.807) is 6.07 Å². The highest BCUT2D eigenvalue weighted by molar-refractivity contribution is 9.10. The highest BCUT2D eigenvalue weighted by Crippen LogP contribution is 2.27. The number of halogens is 3. The van der Waals surface area contributed by atoms with E-state index in [0.29, 0.717) is 11.0 Å². The van der Waals surface area contributed by atoms with Gasteiger partial charge in [-0.2, -0.15) is 0 Å². The molecule has 5 nitrogen and oxygen atoms in total. The number of nitrogens with zero attached hydrogens (tertiary/aromatic N) is 3. The van der Waals surface area contributed by atoms with Gasteiger partial charge in [0.05, 0.1) is 5.56 Å². The molecule has 0 saturated carbocycles. The fourth-order valence-corrected chi connectivity index (χ4v) is 3.11. The van der Waals surface area contributed by atoms with Crippen molar-refractivity contribution in [2.75, 3.05) is 0 Å². The Kier molecular flexibility index (Phi) is 4.69. The van der Waals surface area contributed by atoms with Crippen molar-refractivity contribution in [3.63, 3.8) is 0 Å². The molecule has 1 aromatic heterocycles. The van der Waals surface area contributed by atoms with Crippen LogP contribution in [0.2, 0.25) is 0 Å². The monoisotopic (exact) mass is 395 g/mol. The average Bonchev–Trinajstić information content (AvgIpc) is 2.71. The predicted molar refractivity (Wildman–Crippen MR) is 81.0 cm³/mol. The minimum atomic E-state index is -4.06. The lowest BCUT2D eigenvalue weighted by molar-refractivity contribution is 0.487. The summed E-state index contributed by atoms with van der Waals surface area (Å²) in [6.07, 6.45) is 0. The van der Waals surface area contributed by atoms with Gasteiger partial charge in [0.25, 0.3) is 14.2 Å². The first-order valence-electron chi connectivity index (χ1n) is 6.03. The minimum Gasteiger partial charge on any atom is -0.296 e. The Morgan fingerprint density at radius 1 is 1.38 bits per heavy atom. The van der Waals surface area contributed by atoms with Gasteiger partial charge in [0.1, 0.15) is 5.82 Å². The topological polar surface area (TPSA) is 64.8 Å². The standard InChI is InChI=1S/C12H12BrClFN3O2S/c1-7(2)6-18-11(16-17-12(18)21(14,19)20)9-4-3-8(13)5-10(9)15/h3-5,7H,6H2,1-2H3. The van der Waals surface area contributed by atoms with E-state index in [4.69, 9.17) is 10.7 Å². The van der Waals surface area contributed by atoms with Crippen LogP contribution < -0.4 is 0 Å². The molecule has 0 N–H and O–H groups in total. The van der Waals surface area contributed by atoms with E-state index in [1.165, 1.54) is 16.7 Å². The lowest BCUT2D eigenvalue weighted by atomic mass is 10.2. The molecule has 0 aliphatic rings. The first-order valence-corrected chi connectivity index (χ1v) is 9.13. The van der Waals surface area contributed by atoms with Gasteiger partial charge in [-0.1, -0.05) is 29.8 Å². The van der Waals surface area contributed by atoms with Gasteiger partial charge in [0.2, 0.25) is 0 Å². The third kappa shape index (κ3) is 3.61. The summed E-state index contributed by atoms with van der Waals surface area (Å²) in [5, 5.41) is 7.01. The molecule has 1 aromatic carbocycles. The van der Waals surface area contributed by atoms with Crippen LogP contribution in [0.15, 0.2) is 27.8 Å². The average molecular weight is 397 g/mol. The summed E-state index contributed by atoms with van der Waals surface area (Å²) in [5.74, 6) is -0.288. The van der Waals surface area contributed by atoms with Crippen LogP contribution in [-0.4, -0.2) is 23.2 Å². The van der Waals surface area contributed by atoms with E-state index in [0.717, 1.165) is 0 Å². The number of hydrogen-bond donors (Lipinski definition) is 0. The van der Waals surface area contributed by atoms with Crippen LogP contribution in [0.3, 0.4) is 0 Å². The molecule has 21 heavy (non-hydrogen) atoms. The molecule has 0 spiro atoms. The van der Waals surface area contributed by atoms with Crippen LogP contribution in [0.25, 0.3) is 11.4 Å². The second-order valence-corrected chi connectivity index (χ2v) is 8.25. The van der Waals surface area contributed by atoms with E-state index >= 15 is 0 Å². The van der Waals surface area contributed by atoms with Crippen LogP contribution >= 0.6 is 26.6 Å². The summed E-state index contributed by atoms with van der Waals surface area (Å²) < 4.78 is 39.1. The van der Waals surface area contributed by atoms with Crippen molar-refractivity contribution < 1.29 is 12.8 Å². The number of aromatic nitrogens is 3. The van der Waals surface area contributed by atoms with Crippen molar-refractivity contribution in [3.05, 3.63) is 28.5 Å². The fraction of sp³-hybridized carbons (Fsp3) is 0.333. The highest BCUT2D eigenvalue weighted by atomic mass is 79.9. The van der Waals surface area contributed by atoms with Crippen LogP contribution in [0, 0.1) is 11.7 Å². The third-order valence-electron chi connectivity index (χ3n) is 2.65. The molecule has 0 bridgehead atoms. The lowest BCUT2D eigenvalue weighted by Gasteiger charge is -2.11. The first kappa shape index (κ1) is 16.4. The van der Waals surface area contributed by atoms with Gasteiger partial charge in [-0.15, -0.1) is 10.2 Å². The van der Waals surface area contributed by atoms with Crippen molar-refractivity contribution in [2.24, 2.45) is 5.92 Å². The quantitative estimate of drug-likeness (QED) is 0.743. The Labute approximate surface area is 134 Å². The van der Waals surface area contributed by atoms with Crippen LogP contribution in [0.1, 0.15) is 13.8 Å². The van der Waals surface area contributed by atoms with Gasteiger partial charge in [-0.3, -0.25) is 4.57 Å². The Bertz CT molecular complexity index is 777. The van der Waals surface area contributed by atoms with Gasteiger partial charge < -0.3 is 0 Å². The summed E-state index contributed by atoms with van der Waals surface area (Å²) in [6, 6.07) is 4.42. The molecule has 0 unspecified atom stereocenters. The molecule has 0 atom stereocenters. The Morgan fingerprint density at radius 3 is 2.57 bits per heavy atom. The van der Waals surface area contributed by atoms with Gasteiger partial charge in [0.15, 0.2) is 5.82 Å². The molecule has 2 aromatic rings. The molecule has 0 amide bonds. The zero-order valence-corrected chi connectivity index (χ0v) is 14.4. The van der Waals surface area contributed by atoms with Crippen molar-refractivity contribution in [1.29, 1.82) is 0 Å². The van der Waals surface area contributed by atoms with Crippen LogP contribution in [0.5, 0.6) is 0 Å². The molecule has 0 radical (unpaired) electrons. The summed E-state index contributed by atoms with van der Waals surface area (Å²) in [5.41, 5.74) is 0.165. The van der Waals surface area contributed by atoms with Crippen LogP contribution in [-0.2, 0) is 15.6 Å². The molecule has 9 heteroatoms. The van der Waals surface area contributed by atoms with Gasteiger partial charge >= 0.3 is 0 Å². The summed E-state index contributed by atoms with van der Waals surface area (Å²) in [7, 11) is 1.30. The second kappa shape index (κ2) is 6.02. The first-order chi connectivity index (χ1) is 9.70. The highest BCUT2D eigenvalue weighted by Gasteiger charge is 2.25. The second-order valence-electron chi connectivity index (χ2n) is 4.87. The van der Waals surface area contributed by atoms with Gasteiger partial charge in [-0.25, -0.2) is 12.8 Å². The maximum Gasteiger partial charge on any atom is 0.296 e. The van der Waals surface area contributed by atoms with E-state index in [1.807, 2.05) is 13.8 Å². The van der Waals surface area contributed by atoms with E-state index < -0.39 is 14.9 Å². The zero-order chi connectivity index (χ0) is 15.8. The molecule has 0 aliphatic heterocycles. The maximum atomic E-state index is 14.1. The largest absolute Gasteiger partial charge is 0.296 e. The molecule has 114 valence electrons. The SMILES string of the molecule is CC(C)Cn1c(-c2ccc(Br)cc2F)nnc1S(=O)(=O)Cl. The van der Waals surface area contributed by atoms with Crippen molar-refractivity contribution in [3.8, 4) is 11.4 Å². The van der Waals surface area contributed by atoms with Crippen molar-refractivity contribution in [1.82, 2.24) is 14.8 Å². The Hall–Kier alpha value is -0.990. The lowest BCUT2D eigenvalue weighted by Crippen LogP contribution is -2.12. The van der Waals surface area contributed by atoms with E-state index in [2.05, 4.69) is 26.1 Å². The van der Waals surface area contributed by atoms with Gasteiger partial charge in [0, 0.05) is 21.7 Å². The van der Waals surface area contributed by atoms with Crippen LogP contribution in [0.4, 0.5) is 4.39 Å². The maximum absolute atomic E-state index is 14.1. The fourth-order valence-electron chi connectivity index (χ4n) is 1.87. The summed E-state index contributed by atoms with van der Waals surface area (Å²) >= 11 is 3.16. The normalized spacial score (nSPS) is 12.1. The molecular weight excluding hydrogens is 385 g/mol. The number of hydrogen-bond acceptors (Lipinski definition) is 4. The predicted octanol–water partition coefficient (Wildman–Crippen LogP) is 3.43. The molecular formula is C12H12BrClFN3O2S. The molecule has 0 fully saturated rings. The van der Waals surface area contributed by atoms with Crippen molar-refractivity contribution in [2.45, 2.75) is 25.5 Å². The summed E-state index contributed by atoms with van der Waals surface area (Å²) in [4.78, 5) is 0. The molecule has 0 aliphatic carbocycles. The minimum absolute atomic E-state index is 0.107. The number of rotatable bonds is 4. The van der Waals surface area contributed by atoms with E-state index in [9.17, 15) is 12.8 Å². The van der Waals surface area contributed by atoms with Crippen molar-refractivity contribution >= 4 is 35.7 Å². The molecule has 0 saturated heterocycles. The Morgan fingerprint density at radius 2 is 2.05 bits per heavy atom. The molecule has 1 heterocycles.